The molecule has 1 aliphatic heterocycles. The number of methoxy groups -OCH3 is 1. The van der Waals surface area contributed by atoms with Gasteiger partial charge in [0.15, 0.2) is 0 Å². The van der Waals surface area contributed by atoms with Gasteiger partial charge in [0, 0.05) is 17.2 Å². The van der Waals surface area contributed by atoms with E-state index in [0.717, 1.165) is 37.0 Å². The van der Waals surface area contributed by atoms with Crippen LogP contribution in [0.1, 0.15) is 50.8 Å². The monoisotopic (exact) mass is 328 g/mol. The zero-order valence-electron chi connectivity index (χ0n) is 14.3. The van der Waals surface area contributed by atoms with Crippen molar-refractivity contribution in [1.29, 1.82) is 0 Å². The van der Waals surface area contributed by atoms with Crippen molar-refractivity contribution in [2.75, 3.05) is 7.11 Å². The number of nitrogens with zero attached hydrogens (tertiary/aromatic N) is 2. The number of ether oxygens (including phenoxy) is 2. The molecule has 0 saturated heterocycles. The lowest BCUT2D eigenvalue weighted by atomic mass is 9.93. The number of urea groups is 1. The maximum atomic E-state index is 12.7. The van der Waals surface area contributed by atoms with Gasteiger partial charge in [-0.05, 0) is 44.0 Å². The van der Waals surface area contributed by atoms with Crippen LogP contribution in [-0.2, 0) is 4.74 Å². The Kier molecular flexibility index (Phi) is 4.88. The van der Waals surface area contributed by atoms with Crippen LogP contribution in [0.5, 0.6) is 5.75 Å². The van der Waals surface area contributed by atoms with E-state index in [4.69, 9.17) is 9.47 Å². The lowest BCUT2D eigenvalue weighted by Gasteiger charge is -2.41. The van der Waals surface area contributed by atoms with E-state index < -0.39 is 6.23 Å². The third-order valence-electron chi connectivity index (χ3n) is 4.63. The Morgan fingerprint density at radius 1 is 1.25 bits per heavy atom. The molecule has 0 radical (unpaired) electrons. The average Bonchev–Trinajstić information content (AvgIpc) is 2.61. The highest BCUT2D eigenvalue weighted by atomic mass is 16.5. The molecular formula is C19H24N2O3. The summed E-state index contributed by atoms with van der Waals surface area (Å²) < 4.78 is 11.3. The van der Waals surface area contributed by atoms with Crippen molar-refractivity contribution >= 4 is 11.9 Å². The van der Waals surface area contributed by atoms with Gasteiger partial charge in [0.25, 0.3) is 0 Å². The number of carbonyl (C=O) groups is 1. The molecule has 1 fully saturated rings. The largest absolute Gasteiger partial charge is 0.497 e. The van der Waals surface area contributed by atoms with Crippen LogP contribution in [0.2, 0.25) is 0 Å². The predicted octanol–water partition coefficient (Wildman–Crippen LogP) is 4.45. The average molecular weight is 328 g/mol. The van der Waals surface area contributed by atoms with E-state index in [1.165, 1.54) is 6.42 Å². The molecule has 5 nitrogen and oxygen atoms in total. The zero-order chi connectivity index (χ0) is 17.1. The number of hydrogen-bond acceptors (Lipinski definition) is 3. The topological polar surface area (TPSA) is 51.1 Å². The Morgan fingerprint density at radius 2 is 1.92 bits per heavy atom. The molecule has 1 heterocycles. The minimum Gasteiger partial charge on any atom is -0.497 e. The van der Waals surface area contributed by atoms with E-state index in [1.54, 1.807) is 18.9 Å². The summed E-state index contributed by atoms with van der Waals surface area (Å²) in [6.45, 7) is 5.66. The molecule has 2 aliphatic rings. The number of aliphatic imine (C=N–C) groups is 1. The SMILES string of the molecule is C=C(C)C1=NC(=O)N(C2CCCCC2)C(c2ccc(OC)cc2)O1. The smallest absolute Gasteiger partial charge is 0.350 e. The molecule has 1 unspecified atom stereocenters. The summed E-state index contributed by atoms with van der Waals surface area (Å²) in [5.74, 6) is 1.10. The quantitative estimate of drug-likeness (QED) is 0.820. The van der Waals surface area contributed by atoms with E-state index in [9.17, 15) is 4.79 Å². The molecule has 5 heteroatoms. The number of carbonyl (C=O) groups excluding carboxylic acids is 1. The van der Waals surface area contributed by atoms with Crippen LogP contribution in [0.4, 0.5) is 4.79 Å². The van der Waals surface area contributed by atoms with E-state index in [1.807, 2.05) is 24.3 Å². The first-order valence-electron chi connectivity index (χ1n) is 8.47. The second kappa shape index (κ2) is 7.07. The molecule has 1 atom stereocenters. The van der Waals surface area contributed by atoms with Gasteiger partial charge in [-0.25, -0.2) is 4.79 Å². The minimum absolute atomic E-state index is 0.175. The predicted molar refractivity (Wildman–Crippen MR) is 93.2 cm³/mol. The van der Waals surface area contributed by atoms with Crippen molar-refractivity contribution in [1.82, 2.24) is 4.90 Å². The maximum Gasteiger partial charge on any atom is 0.350 e. The lowest BCUT2D eigenvalue weighted by Crippen LogP contribution is -2.47. The number of hydrogen-bond donors (Lipinski definition) is 0. The van der Waals surface area contributed by atoms with Crippen molar-refractivity contribution in [3.8, 4) is 5.75 Å². The molecule has 24 heavy (non-hydrogen) atoms. The van der Waals surface area contributed by atoms with Crippen molar-refractivity contribution in [2.24, 2.45) is 4.99 Å². The summed E-state index contributed by atoms with van der Waals surface area (Å²) in [5.41, 5.74) is 1.58. The molecule has 1 aromatic rings. The maximum absolute atomic E-state index is 12.7. The van der Waals surface area contributed by atoms with Crippen molar-refractivity contribution in [2.45, 2.75) is 51.3 Å². The van der Waals surface area contributed by atoms with Gasteiger partial charge in [-0.15, -0.1) is 0 Å². The molecular weight excluding hydrogens is 304 g/mol. The standard InChI is InChI=1S/C19H24N2O3/c1-13(2)17-20-19(22)21(15-7-5-4-6-8-15)18(24-17)14-9-11-16(23-3)12-10-14/h9-12,15,18H,1,4-8H2,2-3H3. The fourth-order valence-electron chi connectivity index (χ4n) is 3.33. The third-order valence-corrected chi connectivity index (χ3v) is 4.63. The van der Waals surface area contributed by atoms with Crippen LogP contribution < -0.4 is 4.74 Å². The summed E-state index contributed by atoms with van der Waals surface area (Å²) in [5, 5.41) is 0. The molecule has 2 amide bonds. The molecule has 1 saturated carbocycles. The first kappa shape index (κ1) is 16.6. The summed E-state index contributed by atoms with van der Waals surface area (Å²) in [7, 11) is 1.63. The van der Waals surface area contributed by atoms with Gasteiger partial charge in [0.1, 0.15) is 5.75 Å². The summed E-state index contributed by atoms with van der Waals surface area (Å²) in [6, 6.07) is 7.59. The van der Waals surface area contributed by atoms with Crippen LogP contribution in [0, 0.1) is 0 Å². The molecule has 0 spiro atoms. The van der Waals surface area contributed by atoms with Gasteiger partial charge in [-0.3, -0.25) is 4.90 Å². The van der Waals surface area contributed by atoms with Crippen LogP contribution in [-0.4, -0.2) is 30.0 Å². The van der Waals surface area contributed by atoms with Crippen LogP contribution >= 0.6 is 0 Å². The van der Waals surface area contributed by atoms with Crippen LogP contribution in [0.25, 0.3) is 0 Å². The first-order chi connectivity index (χ1) is 11.6. The fourth-order valence-corrected chi connectivity index (χ4v) is 3.33. The molecule has 0 N–H and O–H groups in total. The summed E-state index contributed by atoms with van der Waals surface area (Å²) in [4.78, 5) is 18.6. The molecule has 1 aromatic carbocycles. The molecule has 0 aromatic heterocycles. The molecule has 1 aliphatic carbocycles. The van der Waals surface area contributed by atoms with Crippen molar-refractivity contribution in [3.05, 3.63) is 42.0 Å². The normalized spacial score (nSPS) is 21.9. The Hall–Kier alpha value is -2.30. The van der Waals surface area contributed by atoms with Crippen LogP contribution in [0.15, 0.2) is 41.4 Å². The second-order valence-electron chi connectivity index (χ2n) is 6.42. The third kappa shape index (κ3) is 3.30. The van der Waals surface area contributed by atoms with Gasteiger partial charge < -0.3 is 9.47 Å². The van der Waals surface area contributed by atoms with Gasteiger partial charge in [0.05, 0.1) is 7.11 Å². The van der Waals surface area contributed by atoms with Gasteiger partial charge >= 0.3 is 6.03 Å². The van der Waals surface area contributed by atoms with E-state index in [2.05, 4.69) is 11.6 Å². The molecule has 128 valence electrons. The van der Waals surface area contributed by atoms with E-state index in [0.29, 0.717) is 11.5 Å². The Morgan fingerprint density at radius 3 is 2.50 bits per heavy atom. The van der Waals surface area contributed by atoms with Gasteiger partial charge in [0.2, 0.25) is 12.1 Å². The highest BCUT2D eigenvalue weighted by molar-refractivity contribution is 6.01. The molecule has 3 rings (SSSR count). The Labute approximate surface area is 143 Å². The highest BCUT2D eigenvalue weighted by Crippen LogP contribution is 2.35. The molecule has 0 bridgehead atoms. The zero-order valence-corrected chi connectivity index (χ0v) is 14.3. The number of rotatable bonds is 4. The number of amides is 2. The van der Waals surface area contributed by atoms with E-state index >= 15 is 0 Å². The first-order valence-corrected chi connectivity index (χ1v) is 8.47. The van der Waals surface area contributed by atoms with E-state index in [-0.39, 0.29) is 12.1 Å². The summed E-state index contributed by atoms with van der Waals surface area (Å²) >= 11 is 0. The highest BCUT2D eigenvalue weighted by Gasteiger charge is 2.38. The second-order valence-corrected chi connectivity index (χ2v) is 6.42. The summed E-state index contributed by atoms with van der Waals surface area (Å²) in [6.07, 6.45) is 5.05. The number of benzene rings is 1. The van der Waals surface area contributed by atoms with Crippen LogP contribution in [0.3, 0.4) is 0 Å². The minimum atomic E-state index is -0.462. The van der Waals surface area contributed by atoms with Crippen molar-refractivity contribution in [3.63, 3.8) is 0 Å². The van der Waals surface area contributed by atoms with Crippen molar-refractivity contribution < 1.29 is 14.3 Å². The van der Waals surface area contributed by atoms with Gasteiger partial charge in [-0.1, -0.05) is 25.8 Å². The van der Waals surface area contributed by atoms with Gasteiger partial charge in [-0.2, -0.15) is 4.99 Å². The fraction of sp³-hybridized carbons (Fsp3) is 0.474. The Balaban J connectivity index is 1.94. The lowest BCUT2D eigenvalue weighted by molar-refractivity contribution is -0.00186. The Bertz CT molecular complexity index is 645.